The Morgan fingerprint density at radius 2 is 1.82 bits per heavy atom. The molecule has 0 aromatic heterocycles. The maximum absolute atomic E-state index is 12.4. The molecular formula is C21H22N2O5. The van der Waals surface area contributed by atoms with Gasteiger partial charge in [0.05, 0.1) is 5.92 Å². The molecule has 1 aliphatic heterocycles. The van der Waals surface area contributed by atoms with Crippen molar-refractivity contribution in [1.82, 2.24) is 5.32 Å². The van der Waals surface area contributed by atoms with Crippen LogP contribution in [0.1, 0.15) is 12.0 Å². The predicted molar refractivity (Wildman–Crippen MR) is 103 cm³/mol. The molecule has 0 radical (unpaired) electrons. The lowest BCUT2D eigenvalue weighted by molar-refractivity contribution is -0.139. The molecule has 0 unspecified atom stereocenters. The average Bonchev–Trinajstić information content (AvgIpc) is 3.09. The maximum Gasteiger partial charge on any atom is 0.341 e. The lowest BCUT2D eigenvalue weighted by Gasteiger charge is -2.17. The van der Waals surface area contributed by atoms with Crippen molar-refractivity contribution in [2.24, 2.45) is 5.92 Å². The minimum Gasteiger partial charge on any atom is -0.482 e. The SMILES string of the molecule is O=C(O)COc1ccc(N2C[C@H](C(=O)NCCc3ccccc3)CC2=O)cc1. The van der Waals surface area contributed by atoms with Crippen molar-refractivity contribution in [2.45, 2.75) is 12.8 Å². The van der Waals surface area contributed by atoms with Crippen LogP contribution in [0.2, 0.25) is 0 Å². The minimum absolute atomic E-state index is 0.109. The molecule has 1 saturated heterocycles. The zero-order valence-electron chi connectivity index (χ0n) is 15.3. The summed E-state index contributed by atoms with van der Waals surface area (Å²) in [5, 5.41) is 11.5. The minimum atomic E-state index is -1.06. The summed E-state index contributed by atoms with van der Waals surface area (Å²) in [5.41, 5.74) is 1.81. The van der Waals surface area contributed by atoms with Crippen LogP contribution in [0.15, 0.2) is 54.6 Å². The van der Waals surface area contributed by atoms with Crippen molar-refractivity contribution in [2.75, 3.05) is 24.6 Å². The van der Waals surface area contributed by atoms with E-state index < -0.39 is 12.6 Å². The van der Waals surface area contributed by atoms with Gasteiger partial charge in [0.2, 0.25) is 11.8 Å². The first-order valence-corrected chi connectivity index (χ1v) is 9.09. The molecule has 2 amide bonds. The number of anilines is 1. The number of hydrogen-bond donors (Lipinski definition) is 2. The number of carboxylic acid groups (broad SMARTS) is 1. The molecule has 7 heteroatoms. The van der Waals surface area contributed by atoms with E-state index in [4.69, 9.17) is 9.84 Å². The van der Waals surface area contributed by atoms with E-state index in [9.17, 15) is 14.4 Å². The van der Waals surface area contributed by atoms with E-state index in [1.165, 1.54) is 0 Å². The molecule has 2 aromatic carbocycles. The van der Waals surface area contributed by atoms with Crippen LogP contribution in [0.25, 0.3) is 0 Å². The van der Waals surface area contributed by atoms with Crippen LogP contribution in [0.3, 0.4) is 0 Å². The van der Waals surface area contributed by atoms with Crippen LogP contribution >= 0.6 is 0 Å². The maximum atomic E-state index is 12.4. The van der Waals surface area contributed by atoms with Gasteiger partial charge in [-0.3, -0.25) is 9.59 Å². The second-order valence-electron chi connectivity index (χ2n) is 6.61. The van der Waals surface area contributed by atoms with Gasteiger partial charge in [-0.2, -0.15) is 0 Å². The zero-order valence-corrected chi connectivity index (χ0v) is 15.3. The molecule has 1 fully saturated rings. The van der Waals surface area contributed by atoms with E-state index in [0.29, 0.717) is 24.5 Å². The molecule has 28 heavy (non-hydrogen) atoms. The van der Waals surface area contributed by atoms with E-state index in [-0.39, 0.29) is 24.2 Å². The Hall–Kier alpha value is -3.35. The molecule has 0 saturated carbocycles. The average molecular weight is 382 g/mol. The highest BCUT2D eigenvalue weighted by atomic mass is 16.5. The second kappa shape index (κ2) is 9.03. The first kappa shape index (κ1) is 19.4. The van der Waals surface area contributed by atoms with Gasteiger partial charge in [-0.25, -0.2) is 4.79 Å². The first-order chi connectivity index (χ1) is 13.5. The highest BCUT2D eigenvalue weighted by Gasteiger charge is 2.34. The third-order valence-corrected chi connectivity index (χ3v) is 4.56. The molecule has 2 aromatic rings. The smallest absolute Gasteiger partial charge is 0.341 e. The van der Waals surface area contributed by atoms with Gasteiger partial charge in [-0.05, 0) is 36.2 Å². The number of nitrogens with zero attached hydrogens (tertiary/aromatic N) is 1. The van der Waals surface area contributed by atoms with Crippen molar-refractivity contribution in [3.05, 3.63) is 60.2 Å². The number of nitrogens with one attached hydrogen (secondary N) is 1. The highest BCUT2D eigenvalue weighted by molar-refractivity contribution is 6.00. The van der Waals surface area contributed by atoms with Crippen LogP contribution in [0.5, 0.6) is 5.75 Å². The standard InChI is InChI=1S/C21H22N2O5/c24-19-12-16(21(27)22-11-10-15-4-2-1-3-5-15)13-23(19)17-6-8-18(9-7-17)28-14-20(25)26/h1-9,16H,10-14H2,(H,22,27)(H,25,26)/t16-/m1/s1. The summed E-state index contributed by atoms with van der Waals surface area (Å²) in [5.74, 6) is -1.25. The van der Waals surface area contributed by atoms with Gasteiger partial charge in [0, 0.05) is 25.2 Å². The fourth-order valence-corrected chi connectivity index (χ4v) is 3.12. The molecule has 2 N–H and O–H groups in total. The Labute approximate surface area is 162 Å². The Kier molecular flexibility index (Phi) is 6.26. The number of ether oxygens (including phenoxy) is 1. The molecule has 7 nitrogen and oxygen atoms in total. The molecular weight excluding hydrogens is 360 g/mol. The summed E-state index contributed by atoms with van der Waals surface area (Å²) < 4.78 is 5.08. The van der Waals surface area contributed by atoms with E-state index in [2.05, 4.69) is 5.32 Å². The number of amides is 2. The van der Waals surface area contributed by atoms with Gasteiger partial charge in [-0.15, -0.1) is 0 Å². The molecule has 0 aliphatic carbocycles. The molecule has 0 spiro atoms. The van der Waals surface area contributed by atoms with Gasteiger partial charge >= 0.3 is 5.97 Å². The lowest BCUT2D eigenvalue weighted by Crippen LogP contribution is -2.34. The molecule has 1 aliphatic rings. The first-order valence-electron chi connectivity index (χ1n) is 9.09. The van der Waals surface area contributed by atoms with Crippen molar-refractivity contribution < 1.29 is 24.2 Å². The fourth-order valence-electron chi connectivity index (χ4n) is 3.12. The topological polar surface area (TPSA) is 95.9 Å². The van der Waals surface area contributed by atoms with Crippen molar-refractivity contribution in [1.29, 1.82) is 0 Å². The number of hydrogen-bond acceptors (Lipinski definition) is 4. The van der Waals surface area contributed by atoms with Crippen molar-refractivity contribution >= 4 is 23.5 Å². The number of carboxylic acids is 1. The Morgan fingerprint density at radius 1 is 1.11 bits per heavy atom. The largest absolute Gasteiger partial charge is 0.482 e. The van der Waals surface area contributed by atoms with E-state index in [1.807, 2.05) is 30.3 Å². The second-order valence-corrected chi connectivity index (χ2v) is 6.61. The Morgan fingerprint density at radius 3 is 2.50 bits per heavy atom. The van der Waals surface area contributed by atoms with Crippen molar-refractivity contribution in [3.8, 4) is 5.75 Å². The molecule has 0 bridgehead atoms. The summed E-state index contributed by atoms with van der Waals surface area (Å²) in [7, 11) is 0. The van der Waals surface area contributed by atoms with Crippen LogP contribution in [-0.4, -0.2) is 42.6 Å². The summed E-state index contributed by atoms with van der Waals surface area (Å²) in [4.78, 5) is 36.8. The summed E-state index contributed by atoms with van der Waals surface area (Å²) in [6.45, 7) is 0.432. The van der Waals surface area contributed by atoms with Crippen LogP contribution in [0.4, 0.5) is 5.69 Å². The highest BCUT2D eigenvalue weighted by Crippen LogP contribution is 2.27. The molecule has 3 rings (SSSR count). The molecule has 1 heterocycles. The van der Waals surface area contributed by atoms with Crippen LogP contribution < -0.4 is 15.0 Å². The van der Waals surface area contributed by atoms with E-state index in [1.54, 1.807) is 29.2 Å². The number of benzene rings is 2. The van der Waals surface area contributed by atoms with E-state index in [0.717, 1.165) is 12.0 Å². The van der Waals surface area contributed by atoms with Gasteiger partial charge in [0.15, 0.2) is 6.61 Å². The third kappa shape index (κ3) is 5.09. The van der Waals surface area contributed by atoms with E-state index >= 15 is 0 Å². The predicted octanol–water partition coefficient (Wildman–Crippen LogP) is 1.86. The lowest BCUT2D eigenvalue weighted by atomic mass is 10.1. The number of aliphatic carboxylic acids is 1. The van der Waals surface area contributed by atoms with Crippen LogP contribution in [0, 0.1) is 5.92 Å². The quantitative estimate of drug-likeness (QED) is 0.727. The molecule has 146 valence electrons. The Bertz CT molecular complexity index is 836. The van der Waals surface area contributed by atoms with Gasteiger partial charge < -0.3 is 20.1 Å². The van der Waals surface area contributed by atoms with Gasteiger partial charge in [0.25, 0.3) is 0 Å². The third-order valence-electron chi connectivity index (χ3n) is 4.56. The summed E-state index contributed by atoms with van der Waals surface area (Å²) in [6, 6.07) is 16.5. The van der Waals surface area contributed by atoms with Gasteiger partial charge in [0.1, 0.15) is 5.75 Å². The number of rotatable bonds is 8. The van der Waals surface area contributed by atoms with Gasteiger partial charge in [-0.1, -0.05) is 30.3 Å². The number of carbonyl (C=O) groups is 3. The normalized spacial score (nSPS) is 16.1. The molecule has 1 atom stereocenters. The van der Waals surface area contributed by atoms with Crippen molar-refractivity contribution in [3.63, 3.8) is 0 Å². The fraction of sp³-hybridized carbons (Fsp3) is 0.286. The monoisotopic (exact) mass is 382 g/mol. The zero-order chi connectivity index (χ0) is 19.9. The number of carbonyl (C=O) groups excluding carboxylic acids is 2. The Balaban J connectivity index is 1.51. The summed E-state index contributed by atoms with van der Waals surface area (Å²) >= 11 is 0. The van der Waals surface area contributed by atoms with Crippen LogP contribution in [-0.2, 0) is 20.8 Å². The summed E-state index contributed by atoms with van der Waals surface area (Å²) in [6.07, 6.45) is 0.920.